The molecular weight excluding hydrogens is 252 g/mol. The van der Waals surface area contributed by atoms with E-state index in [1.165, 1.54) is 0 Å². The number of carbonyl (C=O) groups excluding carboxylic acids is 1. The Kier molecular flexibility index (Phi) is 5.59. The first kappa shape index (κ1) is 15.0. The summed E-state index contributed by atoms with van der Waals surface area (Å²) in [5.74, 6) is 0.285. The van der Waals surface area contributed by atoms with Crippen LogP contribution in [0, 0.1) is 0 Å². The Labute approximate surface area is 121 Å². The molecule has 1 aromatic rings. The molecule has 5 heteroatoms. The summed E-state index contributed by atoms with van der Waals surface area (Å²) < 4.78 is 2.08. The highest BCUT2D eigenvalue weighted by Crippen LogP contribution is 2.13. The Morgan fingerprint density at radius 2 is 2.20 bits per heavy atom. The molecule has 5 nitrogen and oxygen atoms in total. The van der Waals surface area contributed by atoms with Crippen molar-refractivity contribution in [3.8, 4) is 0 Å². The van der Waals surface area contributed by atoms with Crippen LogP contribution in [0.2, 0.25) is 0 Å². The van der Waals surface area contributed by atoms with Crippen molar-refractivity contribution in [3.05, 3.63) is 18.7 Å². The van der Waals surface area contributed by atoms with Gasteiger partial charge in [-0.3, -0.25) is 4.79 Å². The van der Waals surface area contributed by atoms with Gasteiger partial charge >= 0.3 is 0 Å². The van der Waals surface area contributed by atoms with Gasteiger partial charge in [0.2, 0.25) is 5.91 Å². The zero-order valence-electron chi connectivity index (χ0n) is 12.6. The molecule has 1 N–H and O–H groups in total. The van der Waals surface area contributed by atoms with E-state index in [0.717, 1.165) is 45.3 Å². The average molecular weight is 278 g/mol. The smallest absolute Gasteiger partial charge is 0.239 e. The van der Waals surface area contributed by atoms with Crippen LogP contribution < -0.4 is 5.32 Å². The molecule has 2 rings (SSSR count). The number of hydrogen-bond acceptors (Lipinski definition) is 3. The van der Waals surface area contributed by atoms with Crippen molar-refractivity contribution in [2.24, 2.45) is 0 Å². The summed E-state index contributed by atoms with van der Waals surface area (Å²) in [6.45, 7) is 6.97. The number of aromatic nitrogens is 2. The number of aryl methyl sites for hydroxylation is 1. The highest BCUT2D eigenvalue weighted by atomic mass is 16.2. The number of piperidine rings is 1. The molecule has 0 saturated carbocycles. The minimum atomic E-state index is 0.0254. The summed E-state index contributed by atoms with van der Waals surface area (Å²) in [6, 6.07) is 0.391. The van der Waals surface area contributed by atoms with Gasteiger partial charge in [0.05, 0.1) is 12.4 Å². The van der Waals surface area contributed by atoms with E-state index in [2.05, 4.69) is 28.7 Å². The summed E-state index contributed by atoms with van der Waals surface area (Å²) in [5, 5.41) is 3.37. The van der Waals surface area contributed by atoms with Crippen molar-refractivity contribution < 1.29 is 4.79 Å². The fraction of sp³-hybridized carbons (Fsp3) is 0.733. The summed E-state index contributed by atoms with van der Waals surface area (Å²) >= 11 is 0. The van der Waals surface area contributed by atoms with Crippen molar-refractivity contribution in [2.75, 3.05) is 13.1 Å². The first-order valence-electron chi connectivity index (χ1n) is 7.67. The molecule has 0 radical (unpaired) electrons. The molecule has 0 bridgehead atoms. The molecule has 1 aliphatic rings. The van der Waals surface area contributed by atoms with Crippen molar-refractivity contribution >= 4 is 5.91 Å². The average Bonchev–Trinajstić information content (AvgIpc) is 2.91. The molecule has 2 heterocycles. The van der Waals surface area contributed by atoms with E-state index in [1.807, 2.05) is 17.4 Å². The van der Waals surface area contributed by atoms with Crippen LogP contribution in [0.1, 0.15) is 39.5 Å². The fourth-order valence-corrected chi connectivity index (χ4v) is 2.74. The Hall–Kier alpha value is -1.36. The minimum Gasteiger partial charge on any atom is -0.341 e. The number of rotatable bonds is 7. The normalized spacial score (nSPS) is 19.9. The van der Waals surface area contributed by atoms with E-state index in [1.54, 1.807) is 6.20 Å². The van der Waals surface area contributed by atoms with E-state index in [-0.39, 0.29) is 11.9 Å². The molecule has 1 aromatic heterocycles. The zero-order valence-corrected chi connectivity index (χ0v) is 12.6. The first-order valence-corrected chi connectivity index (χ1v) is 7.67. The van der Waals surface area contributed by atoms with Crippen LogP contribution >= 0.6 is 0 Å². The summed E-state index contributed by atoms with van der Waals surface area (Å²) in [5.41, 5.74) is 0. The SMILES string of the molecule is CC(C)NC1CCCN(CCCCn2ccnc2)C1=O. The quantitative estimate of drug-likeness (QED) is 0.772. The van der Waals surface area contributed by atoms with Crippen molar-refractivity contribution in [1.82, 2.24) is 19.8 Å². The molecule has 20 heavy (non-hydrogen) atoms. The van der Waals surface area contributed by atoms with Crippen LogP contribution in [-0.2, 0) is 11.3 Å². The third-order valence-corrected chi connectivity index (χ3v) is 3.72. The number of imidazole rings is 1. The molecule has 1 saturated heterocycles. The Morgan fingerprint density at radius 1 is 1.40 bits per heavy atom. The van der Waals surface area contributed by atoms with E-state index < -0.39 is 0 Å². The van der Waals surface area contributed by atoms with Gasteiger partial charge in [-0.25, -0.2) is 4.98 Å². The Balaban J connectivity index is 1.70. The van der Waals surface area contributed by atoms with Crippen molar-refractivity contribution in [3.63, 3.8) is 0 Å². The highest BCUT2D eigenvalue weighted by Gasteiger charge is 2.28. The fourth-order valence-electron chi connectivity index (χ4n) is 2.74. The lowest BCUT2D eigenvalue weighted by molar-refractivity contribution is -0.136. The maximum atomic E-state index is 12.3. The molecule has 1 aliphatic heterocycles. The lowest BCUT2D eigenvalue weighted by atomic mass is 10.0. The van der Waals surface area contributed by atoms with E-state index in [4.69, 9.17) is 0 Å². The first-order chi connectivity index (χ1) is 9.66. The summed E-state index contributed by atoms with van der Waals surface area (Å²) in [6.07, 6.45) is 9.85. The van der Waals surface area contributed by atoms with Gasteiger partial charge in [0, 0.05) is 38.1 Å². The highest BCUT2D eigenvalue weighted by molar-refractivity contribution is 5.82. The van der Waals surface area contributed by atoms with Gasteiger partial charge in [-0.1, -0.05) is 13.8 Å². The number of likely N-dealkylation sites (tertiary alicyclic amines) is 1. The predicted octanol–water partition coefficient (Wildman–Crippen LogP) is 1.65. The number of amides is 1. The zero-order chi connectivity index (χ0) is 14.4. The monoisotopic (exact) mass is 278 g/mol. The topological polar surface area (TPSA) is 50.2 Å². The molecule has 0 aliphatic carbocycles. The standard InChI is InChI=1S/C15H26N4O/c1-13(2)17-14-6-5-10-19(15(14)20)9-4-3-8-18-11-7-16-12-18/h7,11-14,17H,3-6,8-10H2,1-2H3. The lowest BCUT2D eigenvalue weighted by Crippen LogP contribution is -2.52. The molecular formula is C15H26N4O. The van der Waals surface area contributed by atoms with Gasteiger partial charge in [0.1, 0.15) is 0 Å². The lowest BCUT2D eigenvalue weighted by Gasteiger charge is -2.33. The van der Waals surface area contributed by atoms with Crippen LogP contribution in [-0.4, -0.2) is 45.5 Å². The third kappa shape index (κ3) is 4.34. The molecule has 0 aromatic carbocycles. The van der Waals surface area contributed by atoms with Crippen LogP contribution in [0.3, 0.4) is 0 Å². The summed E-state index contributed by atoms with van der Waals surface area (Å²) in [4.78, 5) is 18.4. The summed E-state index contributed by atoms with van der Waals surface area (Å²) in [7, 11) is 0. The van der Waals surface area contributed by atoms with Gasteiger partial charge in [-0.2, -0.15) is 0 Å². The molecule has 112 valence electrons. The van der Waals surface area contributed by atoms with E-state index >= 15 is 0 Å². The maximum Gasteiger partial charge on any atom is 0.239 e. The molecule has 1 fully saturated rings. The second-order valence-corrected chi connectivity index (χ2v) is 5.85. The van der Waals surface area contributed by atoms with Gasteiger partial charge < -0.3 is 14.8 Å². The van der Waals surface area contributed by atoms with Crippen molar-refractivity contribution in [2.45, 2.75) is 58.2 Å². The van der Waals surface area contributed by atoms with Crippen LogP contribution in [0.5, 0.6) is 0 Å². The second-order valence-electron chi connectivity index (χ2n) is 5.85. The number of nitrogens with one attached hydrogen (secondary N) is 1. The largest absolute Gasteiger partial charge is 0.341 e. The Morgan fingerprint density at radius 3 is 2.90 bits per heavy atom. The van der Waals surface area contributed by atoms with Gasteiger partial charge in [-0.05, 0) is 25.7 Å². The van der Waals surface area contributed by atoms with Crippen LogP contribution in [0.15, 0.2) is 18.7 Å². The number of hydrogen-bond donors (Lipinski definition) is 1. The minimum absolute atomic E-state index is 0.0254. The third-order valence-electron chi connectivity index (χ3n) is 3.72. The molecule has 0 spiro atoms. The maximum absolute atomic E-state index is 12.3. The second kappa shape index (κ2) is 7.43. The van der Waals surface area contributed by atoms with E-state index in [9.17, 15) is 4.79 Å². The molecule has 1 atom stereocenters. The molecule has 1 amide bonds. The van der Waals surface area contributed by atoms with Crippen molar-refractivity contribution in [1.29, 1.82) is 0 Å². The van der Waals surface area contributed by atoms with Crippen LogP contribution in [0.4, 0.5) is 0 Å². The Bertz CT molecular complexity index is 402. The van der Waals surface area contributed by atoms with Gasteiger partial charge in [-0.15, -0.1) is 0 Å². The van der Waals surface area contributed by atoms with Crippen LogP contribution in [0.25, 0.3) is 0 Å². The number of unbranched alkanes of at least 4 members (excludes halogenated alkanes) is 1. The molecule has 1 unspecified atom stereocenters. The number of carbonyl (C=O) groups is 1. The van der Waals surface area contributed by atoms with Gasteiger partial charge in [0.15, 0.2) is 0 Å². The number of nitrogens with zero attached hydrogens (tertiary/aromatic N) is 3. The van der Waals surface area contributed by atoms with E-state index in [0.29, 0.717) is 6.04 Å². The van der Waals surface area contributed by atoms with Gasteiger partial charge in [0.25, 0.3) is 0 Å². The predicted molar refractivity (Wildman–Crippen MR) is 79.3 cm³/mol.